The maximum Gasteiger partial charge on any atom is 0.193 e. The van der Waals surface area contributed by atoms with Crippen LogP contribution in [0.15, 0.2) is 35.6 Å². The van der Waals surface area contributed by atoms with Gasteiger partial charge >= 0.3 is 0 Å². The second kappa shape index (κ2) is 5.18. The van der Waals surface area contributed by atoms with Gasteiger partial charge in [-0.2, -0.15) is 5.26 Å². The molecule has 0 radical (unpaired) electrons. The van der Waals surface area contributed by atoms with E-state index in [0.717, 1.165) is 40.3 Å². The Balaban J connectivity index is 1.83. The van der Waals surface area contributed by atoms with E-state index in [0.29, 0.717) is 6.04 Å². The Morgan fingerprint density at radius 2 is 2.18 bits per heavy atom. The molecule has 2 aromatic heterocycles. The van der Waals surface area contributed by atoms with Crippen LogP contribution in [0.25, 0.3) is 22.3 Å². The second-order valence-corrected chi connectivity index (χ2v) is 6.85. The highest BCUT2D eigenvalue weighted by Gasteiger charge is 2.31. The van der Waals surface area contributed by atoms with E-state index in [-0.39, 0.29) is 5.25 Å². The van der Waals surface area contributed by atoms with Gasteiger partial charge in [-0.1, -0.05) is 30.0 Å². The second-order valence-electron chi connectivity index (χ2n) is 5.54. The number of benzene rings is 1. The average Bonchev–Trinajstić information content (AvgIpc) is 3.16. The van der Waals surface area contributed by atoms with Gasteiger partial charge in [0, 0.05) is 28.7 Å². The summed E-state index contributed by atoms with van der Waals surface area (Å²) in [7, 11) is 0. The first-order chi connectivity index (χ1) is 10.8. The van der Waals surface area contributed by atoms with E-state index in [1.54, 1.807) is 0 Å². The van der Waals surface area contributed by atoms with E-state index in [1.165, 1.54) is 11.8 Å². The molecular weight excluding hydrogens is 294 g/mol. The summed E-state index contributed by atoms with van der Waals surface area (Å²) < 4.78 is 2.20. The largest absolute Gasteiger partial charge is 0.360 e. The topological polar surface area (TPSA) is 70.3 Å². The van der Waals surface area contributed by atoms with Crippen LogP contribution in [0.4, 0.5) is 0 Å². The van der Waals surface area contributed by atoms with E-state index in [2.05, 4.69) is 38.0 Å². The summed E-state index contributed by atoms with van der Waals surface area (Å²) in [6.45, 7) is 1.89. The van der Waals surface area contributed by atoms with Crippen molar-refractivity contribution in [2.75, 3.05) is 0 Å². The fourth-order valence-corrected chi connectivity index (χ4v) is 3.45. The molecule has 1 N–H and O–H groups in total. The highest BCUT2D eigenvalue weighted by atomic mass is 32.2. The molecule has 22 heavy (non-hydrogen) atoms. The van der Waals surface area contributed by atoms with Crippen LogP contribution >= 0.6 is 11.8 Å². The minimum Gasteiger partial charge on any atom is -0.360 e. The third-order valence-corrected chi connectivity index (χ3v) is 4.82. The molecule has 110 valence electrons. The Hall–Kier alpha value is -2.26. The van der Waals surface area contributed by atoms with Gasteiger partial charge in [-0.3, -0.25) is 4.57 Å². The first kappa shape index (κ1) is 13.4. The lowest BCUT2D eigenvalue weighted by Gasteiger charge is -2.08. The first-order valence-electron chi connectivity index (χ1n) is 7.35. The minimum atomic E-state index is -0.127. The first-order valence-corrected chi connectivity index (χ1v) is 8.23. The molecule has 0 amide bonds. The van der Waals surface area contributed by atoms with Crippen molar-refractivity contribution in [3.05, 3.63) is 30.5 Å². The van der Waals surface area contributed by atoms with E-state index in [9.17, 15) is 0 Å². The maximum atomic E-state index is 9.04. The number of hydrogen-bond acceptors (Lipinski definition) is 4. The summed E-state index contributed by atoms with van der Waals surface area (Å²) in [6, 6.07) is 10.9. The van der Waals surface area contributed by atoms with Gasteiger partial charge in [-0.25, -0.2) is 0 Å². The summed E-state index contributed by atoms with van der Waals surface area (Å²) in [5.74, 6) is 0.896. The van der Waals surface area contributed by atoms with Gasteiger partial charge in [0.15, 0.2) is 11.0 Å². The molecule has 1 atom stereocenters. The zero-order valence-corrected chi connectivity index (χ0v) is 13.0. The number of para-hydroxylation sites is 1. The summed E-state index contributed by atoms with van der Waals surface area (Å²) in [5, 5.41) is 19.7. The predicted molar refractivity (Wildman–Crippen MR) is 86.5 cm³/mol. The maximum absolute atomic E-state index is 9.04. The summed E-state index contributed by atoms with van der Waals surface area (Å²) in [4.78, 5) is 3.29. The quantitative estimate of drug-likeness (QED) is 0.745. The molecule has 1 aliphatic carbocycles. The van der Waals surface area contributed by atoms with E-state index < -0.39 is 0 Å². The van der Waals surface area contributed by atoms with E-state index in [1.807, 2.05) is 25.3 Å². The Morgan fingerprint density at radius 1 is 1.36 bits per heavy atom. The zero-order valence-electron chi connectivity index (χ0n) is 12.2. The number of hydrogen-bond donors (Lipinski definition) is 1. The Morgan fingerprint density at radius 3 is 2.95 bits per heavy atom. The lowest BCUT2D eigenvalue weighted by Crippen LogP contribution is -2.01. The molecule has 0 bridgehead atoms. The summed E-state index contributed by atoms with van der Waals surface area (Å²) >= 11 is 1.48. The van der Waals surface area contributed by atoms with Crippen molar-refractivity contribution in [2.24, 2.45) is 0 Å². The lowest BCUT2D eigenvalue weighted by molar-refractivity contribution is 0.669. The lowest BCUT2D eigenvalue weighted by atomic mass is 10.1. The molecule has 1 aromatic carbocycles. The van der Waals surface area contributed by atoms with Crippen LogP contribution in [0.5, 0.6) is 0 Å². The fourth-order valence-electron chi connectivity index (χ4n) is 2.64. The molecular formula is C16H15N5S. The molecule has 0 saturated heterocycles. The molecule has 0 spiro atoms. The van der Waals surface area contributed by atoms with E-state index in [4.69, 9.17) is 5.26 Å². The summed E-state index contributed by atoms with van der Waals surface area (Å²) in [6.07, 6.45) is 4.31. The standard InChI is InChI=1S/C16H15N5S/c1-10(8-17)22-16-20-19-15(21(16)11-6-7-11)13-9-18-14-5-3-2-4-12(13)14/h2-5,9-11,18H,6-7H2,1H3/t10-/m1/s1. The third kappa shape index (κ3) is 2.18. The molecule has 4 rings (SSSR count). The number of nitriles is 1. The molecule has 6 heteroatoms. The number of H-pyrrole nitrogens is 1. The third-order valence-electron chi connectivity index (χ3n) is 3.87. The van der Waals surface area contributed by atoms with Crippen molar-refractivity contribution in [2.45, 2.75) is 36.2 Å². The van der Waals surface area contributed by atoms with Crippen molar-refractivity contribution >= 4 is 22.7 Å². The smallest absolute Gasteiger partial charge is 0.193 e. The van der Waals surface area contributed by atoms with Crippen molar-refractivity contribution in [3.63, 3.8) is 0 Å². The number of nitrogens with one attached hydrogen (secondary N) is 1. The van der Waals surface area contributed by atoms with Gasteiger partial charge in [-0.05, 0) is 25.8 Å². The molecule has 1 saturated carbocycles. The Kier molecular flexibility index (Phi) is 3.16. The van der Waals surface area contributed by atoms with Crippen molar-refractivity contribution < 1.29 is 0 Å². The molecule has 0 unspecified atom stereocenters. The summed E-state index contributed by atoms with van der Waals surface area (Å²) in [5.41, 5.74) is 2.17. The molecule has 2 heterocycles. The van der Waals surface area contributed by atoms with Crippen LogP contribution in [-0.4, -0.2) is 25.0 Å². The molecule has 3 aromatic rings. The van der Waals surface area contributed by atoms with Gasteiger partial charge in [-0.15, -0.1) is 10.2 Å². The van der Waals surface area contributed by atoms with E-state index >= 15 is 0 Å². The molecule has 5 nitrogen and oxygen atoms in total. The number of thioether (sulfide) groups is 1. The number of fused-ring (bicyclic) bond motifs is 1. The van der Waals surface area contributed by atoms with Crippen molar-refractivity contribution in [1.82, 2.24) is 19.7 Å². The van der Waals surface area contributed by atoms with Crippen LogP contribution in [0.3, 0.4) is 0 Å². The number of nitrogens with zero attached hydrogens (tertiary/aromatic N) is 4. The molecule has 0 aliphatic heterocycles. The van der Waals surface area contributed by atoms with Crippen LogP contribution < -0.4 is 0 Å². The van der Waals surface area contributed by atoms with Crippen molar-refractivity contribution in [1.29, 1.82) is 5.26 Å². The minimum absolute atomic E-state index is 0.127. The van der Waals surface area contributed by atoms with Crippen LogP contribution in [0.1, 0.15) is 25.8 Å². The normalized spacial score (nSPS) is 15.8. The van der Waals surface area contributed by atoms with Gasteiger partial charge in [0.25, 0.3) is 0 Å². The average molecular weight is 309 g/mol. The van der Waals surface area contributed by atoms with Crippen LogP contribution in [0, 0.1) is 11.3 Å². The SMILES string of the molecule is C[C@H](C#N)Sc1nnc(-c2c[nH]c3ccccc23)n1C1CC1. The van der Waals surface area contributed by atoms with Crippen LogP contribution in [-0.2, 0) is 0 Å². The Labute approximate surface area is 132 Å². The van der Waals surface area contributed by atoms with Gasteiger partial charge < -0.3 is 4.98 Å². The molecule has 1 aliphatic rings. The van der Waals surface area contributed by atoms with Crippen LogP contribution in [0.2, 0.25) is 0 Å². The number of aromatic nitrogens is 4. The highest BCUT2D eigenvalue weighted by Crippen LogP contribution is 2.42. The molecule has 1 fully saturated rings. The van der Waals surface area contributed by atoms with Gasteiger partial charge in [0.1, 0.15) is 0 Å². The Bertz CT molecular complexity index is 868. The van der Waals surface area contributed by atoms with Crippen molar-refractivity contribution in [3.8, 4) is 17.5 Å². The zero-order chi connectivity index (χ0) is 15.1. The number of aromatic amines is 1. The highest BCUT2D eigenvalue weighted by molar-refractivity contribution is 8.00. The monoisotopic (exact) mass is 309 g/mol. The van der Waals surface area contributed by atoms with Gasteiger partial charge in [0.2, 0.25) is 0 Å². The number of rotatable bonds is 4. The predicted octanol–water partition coefficient (Wildman–Crippen LogP) is 3.77. The van der Waals surface area contributed by atoms with Gasteiger partial charge in [0.05, 0.1) is 11.3 Å². The fraction of sp³-hybridized carbons (Fsp3) is 0.312.